The third kappa shape index (κ3) is 3.04. The Bertz CT molecular complexity index is 491. The zero-order valence-corrected chi connectivity index (χ0v) is 12.5. The number of hydrogen-bond donors (Lipinski definition) is 2. The number of amidine groups is 1. The van der Waals surface area contributed by atoms with Crippen LogP contribution >= 0.6 is 0 Å². The maximum atomic E-state index is 8.93. The lowest BCUT2D eigenvalue weighted by molar-refractivity contribution is 0.209. The fourth-order valence-corrected chi connectivity index (χ4v) is 2.65. The van der Waals surface area contributed by atoms with Crippen LogP contribution in [0.1, 0.15) is 25.0 Å². The van der Waals surface area contributed by atoms with Crippen molar-refractivity contribution in [1.82, 2.24) is 4.90 Å². The smallest absolute Gasteiger partial charge is 0.172 e. The van der Waals surface area contributed by atoms with E-state index in [9.17, 15) is 0 Å². The van der Waals surface area contributed by atoms with Crippen molar-refractivity contribution in [3.05, 3.63) is 29.3 Å². The summed E-state index contributed by atoms with van der Waals surface area (Å²) in [5.41, 5.74) is 8.83. The normalized spacial score (nSPS) is 17.8. The van der Waals surface area contributed by atoms with Crippen molar-refractivity contribution in [2.45, 2.75) is 26.8 Å². The number of piperazine rings is 1. The fraction of sp³-hybridized carbons (Fsp3) is 0.533. The molecule has 1 aromatic carbocycles. The maximum Gasteiger partial charge on any atom is 0.172 e. The molecule has 0 aliphatic carbocycles. The lowest BCUT2D eigenvalue weighted by Gasteiger charge is -2.38. The van der Waals surface area contributed by atoms with E-state index in [2.05, 4.69) is 41.8 Å². The SMILES string of the molecule is Cc1ccc(C(N)=NO)c(N2CCN(C(C)C)CC2)c1. The van der Waals surface area contributed by atoms with Gasteiger partial charge in [-0.05, 0) is 38.5 Å². The molecule has 0 saturated carbocycles. The van der Waals surface area contributed by atoms with E-state index in [1.54, 1.807) is 0 Å². The Balaban J connectivity index is 2.23. The molecule has 0 unspecified atom stereocenters. The Kier molecular flexibility index (Phi) is 4.49. The Morgan fingerprint density at radius 3 is 2.45 bits per heavy atom. The van der Waals surface area contributed by atoms with Crippen LogP contribution in [0.25, 0.3) is 0 Å². The number of hydrogen-bond acceptors (Lipinski definition) is 4. The van der Waals surface area contributed by atoms with E-state index in [1.165, 1.54) is 5.56 Å². The quantitative estimate of drug-likeness (QED) is 0.381. The highest BCUT2D eigenvalue weighted by molar-refractivity contribution is 6.02. The van der Waals surface area contributed by atoms with Crippen LogP contribution < -0.4 is 10.6 Å². The summed E-state index contributed by atoms with van der Waals surface area (Å²) in [4.78, 5) is 4.79. The molecule has 0 atom stereocenters. The van der Waals surface area contributed by atoms with E-state index >= 15 is 0 Å². The van der Waals surface area contributed by atoms with Crippen molar-refractivity contribution in [3.8, 4) is 0 Å². The number of nitrogens with zero attached hydrogens (tertiary/aromatic N) is 3. The van der Waals surface area contributed by atoms with Crippen LogP contribution in [0.3, 0.4) is 0 Å². The molecule has 0 aromatic heterocycles. The average molecular weight is 276 g/mol. The van der Waals surface area contributed by atoms with Gasteiger partial charge in [-0.15, -0.1) is 0 Å². The van der Waals surface area contributed by atoms with Crippen molar-refractivity contribution in [1.29, 1.82) is 0 Å². The highest BCUT2D eigenvalue weighted by Crippen LogP contribution is 2.24. The first-order valence-corrected chi connectivity index (χ1v) is 7.10. The number of oxime groups is 1. The summed E-state index contributed by atoms with van der Waals surface area (Å²) in [7, 11) is 0. The topological polar surface area (TPSA) is 65.1 Å². The van der Waals surface area contributed by atoms with Crippen LogP contribution in [0.15, 0.2) is 23.4 Å². The molecule has 5 heteroatoms. The molecule has 3 N–H and O–H groups in total. The van der Waals surface area contributed by atoms with Crippen molar-refractivity contribution in [2.24, 2.45) is 10.9 Å². The van der Waals surface area contributed by atoms with Crippen molar-refractivity contribution in [3.63, 3.8) is 0 Å². The highest BCUT2D eigenvalue weighted by atomic mass is 16.4. The lowest BCUT2D eigenvalue weighted by Crippen LogP contribution is -2.49. The first kappa shape index (κ1) is 14.7. The molecule has 110 valence electrons. The zero-order chi connectivity index (χ0) is 14.7. The molecule has 1 heterocycles. The molecule has 5 nitrogen and oxygen atoms in total. The van der Waals surface area contributed by atoms with Crippen molar-refractivity contribution in [2.75, 3.05) is 31.1 Å². The second kappa shape index (κ2) is 6.13. The minimum atomic E-state index is 0.172. The van der Waals surface area contributed by atoms with E-state index in [4.69, 9.17) is 10.9 Å². The van der Waals surface area contributed by atoms with E-state index in [0.717, 1.165) is 37.4 Å². The maximum absolute atomic E-state index is 8.93. The van der Waals surface area contributed by atoms with E-state index in [0.29, 0.717) is 6.04 Å². The monoisotopic (exact) mass is 276 g/mol. The van der Waals surface area contributed by atoms with Gasteiger partial charge >= 0.3 is 0 Å². The van der Waals surface area contributed by atoms with Gasteiger partial charge in [0, 0.05) is 43.5 Å². The largest absolute Gasteiger partial charge is 0.409 e. The van der Waals surface area contributed by atoms with Crippen LogP contribution in [-0.4, -0.2) is 48.2 Å². The summed E-state index contributed by atoms with van der Waals surface area (Å²) >= 11 is 0. The van der Waals surface area contributed by atoms with Gasteiger partial charge in [-0.25, -0.2) is 0 Å². The second-order valence-corrected chi connectivity index (χ2v) is 5.62. The molecule has 1 aliphatic rings. The van der Waals surface area contributed by atoms with Gasteiger partial charge in [-0.3, -0.25) is 4.90 Å². The Labute approximate surface area is 120 Å². The summed E-state index contributed by atoms with van der Waals surface area (Å²) in [6.45, 7) is 10.5. The first-order valence-electron chi connectivity index (χ1n) is 7.10. The van der Waals surface area contributed by atoms with Gasteiger partial charge in [-0.2, -0.15) is 0 Å². The molecule has 1 fully saturated rings. The number of anilines is 1. The van der Waals surface area contributed by atoms with Crippen LogP contribution in [0, 0.1) is 6.92 Å². The molecule has 1 aliphatic heterocycles. The number of aryl methyl sites for hydroxylation is 1. The summed E-state index contributed by atoms with van der Waals surface area (Å²) in [6.07, 6.45) is 0. The molecule has 20 heavy (non-hydrogen) atoms. The zero-order valence-electron chi connectivity index (χ0n) is 12.5. The third-order valence-electron chi connectivity index (χ3n) is 3.92. The first-order chi connectivity index (χ1) is 9.52. The molecule has 0 bridgehead atoms. The molecular weight excluding hydrogens is 252 g/mol. The highest BCUT2D eigenvalue weighted by Gasteiger charge is 2.21. The summed E-state index contributed by atoms with van der Waals surface area (Å²) < 4.78 is 0. The minimum absolute atomic E-state index is 0.172. The van der Waals surface area contributed by atoms with Gasteiger partial charge in [0.15, 0.2) is 5.84 Å². The lowest BCUT2D eigenvalue weighted by atomic mass is 10.1. The molecule has 0 radical (unpaired) electrons. The molecular formula is C15H24N4O. The predicted molar refractivity (Wildman–Crippen MR) is 82.6 cm³/mol. The van der Waals surface area contributed by atoms with Gasteiger partial charge in [0.1, 0.15) is 0 Å². The number of nitrogens with two attached hydrogens (primary N) is 1. The molecule has 1 saturated heterocycles. The summed E-state index contributed by atoms with van der Waals surface area (Å²) in [5.74, 6) is 0.172. The molecule has 0 amide bonds. The minimum Gasteiger partial charge on any atom is -0.409 e. The number of benzene rings is 1. The average Bonchev–Trinajstić information content (AvgIpc) is 2.46. The number of rotatable bonds is 3. The second-order valence-electron chi connectivity index (χ2n) is 5.62. The third-order valence-corrected chi connectivity index (χ3v) is 3.92. The van der Waals surface area contributed by atoms with Gasteiger partial charge in [0.25, 0.3) is 0 Å². The van der Waals surface area contributed by atoms with Crippen LogP contribution in [-0.2, 0) is 0 Å². The molecule has 2 rings (SSSR count). The Morgan fingerprint density at radius 1 is 1.25 bits per heavy atom. The van der Waals surface area contributed by atoms with Gasteiger partial charge < -0.3 is 15.8 Å². The standard InChI is InChI=1S/C15H24N4O/c1-11(2)18-6-8-19(9-7-18)14-10-12(3)4-5-13(14)15(16)17-20/h4-5,10-11,20H,6-9H2,1-3H3,(H2,16,17). The van der Waals surface area contributed by atoms with E-state index in [1.807, 2.05) is 12.1 Å². The molecule has 0 spiro atoms. The fourth-order valence-electron chi connectivity index (χ4n) is 2.65. The van der Waals surface area contributed by atoms with E-state index in [-0.39, 0.29) is 5.84 Å². The van der Waals surface area contributed by atoms with Gasteiger partial charge in [0.05, 0.1) is 0 Å². The van der Waals surface area contributed by atoms with Gasteiger partial charge in [0.2, 0.25) is 0 Å². The van der Waals surface area contributed by atoms with Crippen LogP contribution in [0.5, 0.6) is 0 Å². The summed E-state index contributed by atoms with van der Waals surface area (Å²) in [6, 6.07) is 6.60. The summed E-state index contributed by atoms with van der Waals surface area (Å²) in [5, 5.41) is 12.1. The molecule has 1 aromatic rings. The van der Waals surface area contributed by atoms with Crippen LogP contribution in [0.2, 0.25) is 0 Å². The predicted octanol–water partition coefficient (Wildman–Crippen LogP) is 1.62. The van der Waals surface area contributed by atoms with E-state index < -0.39 is 0 Å². The van der Waals surface area contributed by atoms with Gasteiger partial charge in [-0.1, -0.05) is 11.2 Å². The van der Waals surface area contributed by atoms with Crippen molar-refractivity contribution >= 4 is 11.5 Å². The van der Waals surface area contributed by atoms with Crippen LogP contribution in [0.4, 0.5) is 5.69 Å². The Hall–Kier alpha value is -1.75. The Morgan fingerprint density at radius 2 is 1.90 bits per heavy atom. The van der Waals surface area contributed by atoms with Crippen molar-refractivity contribution < 1.29 is 5.21 Å².